The van der Waals surface area contributed by atoms with Crippen LogP contribution in [0.25, 0.3) is 0 Å². The molecule has 1 unspecified atom stereocenters. The highest BCUT2D eigenvalue weighted by Gasteiger charge is 2.49. The number of hydrogen-bond acceptors (Lipinski definition) is 2. The number of benzene rings is 3. The van der Waals surface area contributed by atoms with Crippen LogP contribution in [0.1, 0.15) is 44.6 Å². The second-order valence-electron chi connectivity index (χ2n) is 8.65. The lowest BCUT2D eigenvalue weighted by atomic mass is 9.92. The van der Waals surface area contributed by atoms with E-state index in [4.69, 9.17) is 0 Å². The number of hydrogen-bond donors (Lipinski definition) is 2. The van der Waals surface area contributed by atoms with E-state index in [1.165, 1.54) is 0 Å². The van der Waals surface area contributed by atoms with Crippen LogP contribution in [0.15, 0.2) is 89.4 Å². The van der Waals surface area contributed by atoms with Crippen LogP contribution in [0.5, 0.6) is 0 Å². The number of halogens is 1. The maximum atomic E-state index is 12.2. The van der Waals surface area contributed by atoms with Crippen LogP contribution >= 0.6 is 15.9 Å². The Balaban J connectivity index is 1.82. The van der Waals surface area contributed by atoms with Crippen LogP contribution < -0.4 is 10.4 Å². The Kier molecular flexibility index (Phi) is 7.69. The first-order valence-corrected chi connectivity index (χ1v) is 13.3. The Hall–Kier alpha value is -1.72. The zero-order valence-electron chi connectivity index (χ0n) is 17.8. The van der Waals surface area contributed by atoms with Gasteiger partial charge < -0.3 is 9.90 Å². The molecular formula is C26H31BrO2Si. The Morgan fingerprint density at radius 2 is 1.43 bits per heavy atom. The van der Waals surface area contributed by atoms with Crippen LogP contribution in [0.2, 0.25) is 5.04 Å². The van der Waals surface area contributed by atoms with Crippen LogP contribution in [-0.2, 0) is 0 Å². The molecule has 0 aliphatic heterocycles. The van der Waals surface area contributed by atoms with Crippen molar-refractivity contribution < 1.29 is 9.90 Å². The molecule has 0 aliphatic rings. The molecule has 0 heterocycles. The summed E-state index contributed by atoms with van der Waals surface area (Å²) in [5, 5.41) is 11.8. The van der Waals surface area contributed by atoms with Gasteiger partial charge in [-0.15, -0.1) is 0 Å². The summed E-state index contributed by atoms with van der Waals surface area (Å²) in [6.45, 7) is 4.54. The summed E-state index contributed by atoms with van der Waals surface area (Å²) in [4.78, 5) is 12.2. The lowest BCUT2D eigenvalue weighted by Crippen LogP contribution is -2.65. The fraction of sp³-hybridized carbons (Fsp3) is 0.308. The largest absolute Gasteiger partial charge is 0.424 e. The van der Waals surface area contributed by atoms with Crippen molar-refractivity contribution in [3.05, 3.63) is 95.0 Å². The third kappa shape index (κ3) is 4.94. The summed E-state index contributed by atoms with van der Waals surface area (Å²) in [6, 6.07) is 28.5. The van der Waals surface area contributed by atoms with E-state index in [1.807, 2.05) is 48.5 Å². The molecule has 30 heavy (non-hydrogen) atoms. The normalized spacial score (nSPS) is 13.2. The minimum absolute atomic E-state index is 0.113. The van der Waals surface area contributed by atoms with Gasteiger partial charge in [0.25, 0.3) is 8.32 Å². The maximum Gasteiger partial charge on any atom is 0.258 e. The first kappa shape index (κ1) is 23.0. The van der Waals surface area contributed by atoms with Crippen molar-refractivity contribution in [3.63, 3.8) is 0 Å². The molecule has 1 atom stereocenters. The predicted octanol–water partition coefficient (Wildman–Crippen LogP) is 5.23. The molecule has 4 heteroatoms. The van der Waals surface area contributed by atoms with Crippen LogP contribution in [0.3, 0.4) is 0 Å². The third-order valence-electron chi connectivity index (χ3n) is 6.26. The van der Waals surface area contributed by atoms with Crippen molar-refractivity contribution in [2.24, 2.45) is 0 Å². The van der Waals surface area contributed by atoms with Gasteiger partial charge in [-0.2, -0.15) is 0 Å². The molecule has 0 aromatic heterocycles. The zero-order valence-corrected chi connectivity index (χ0v) is 20.3. The van der Waals surface area contributed by atoms with E-state index in [0.29, 0.717) is 0 Å². The molecule has 3 aromatic rings. The van der Waals surface area contributed by atoms with Crippen molar-refractivity contribution in [1.82, 2.24) is 0 Å². The van der Waals surface area contributed by atoms with Gasteiger partial charge in [0, 0.05) is 17.0 Å². The Labute approximate surface area is 189 Å². The first-order chi connectivity index (χ1) is 14.4. The maximum absolute atomic E-state index is 12.2. The first-order valence-electron chi connectivity index (χ1n) is 10.6. The van der Waals surface area contributed by atoms with Gasteiger partial charge in [-0.25, -0.2) is 0 Å². The molecule has 158 valence electrons. The smallest absolute Gasteiger partial charge is 0.258 e. The van der Waals surface area contributed by atoms with Gasteiger partial charge >= 0.3 is 0 Å². The molecule has 0 radical (unpaired) electrons. The summed E-state index contributed by atoms with van der Waals surface area (Å²) in [6.07, 6.45) is 2.73. The summed E-state index contributed by atoms with van der Waals surface area (Å²) >= 11 is 3.53. The van der Waals surface area contributed by atoms with Gasteiger partial charge in [-0.1, -0.05) is 109 Å². The second-order valence-corrected chi connectivity index (χ2v) is 13.5. The number of rotatable bonds is 9. The third-order valence-corrected chi connectivity index (χ3v) is 11.3. The van der Waals surface area contributed by atoms with E-state index < -0.39 is 8.32 Å². The van der Waals surface area contributed by atoms with Gasteiger partial charge in [0.1, 0.15) is 0 Å². The topological polar surface area (TPSA) is 40.5 Å². The SMILES string of the molecule is CC(C)(CCCC(CO)c1cccc(Br)c1)[Si](O)(c1ccccc1)c1ccccc1. The fourth-order valence-corrected chi connectivity index (χ4v) is 8.60. The van der Waals surface area contributed by atoms with Crippen LogP contribution in [0.4, 0.5) is 0 Å². The zero-order chi connectivity index (χ0) is 21.6. The van der Waals surface area contributed by atoms with Crippen LogP contribution in [-0.4, -0.2) is 24.8 Å². The average molecular weight is 484 g/mol. The van der Waals surface area contributed by atoms with E-state index in [-0.39, 0.29) is 17.6 Å². The second kappa shape index (κ2) is 10.1. The van der Waals surface area contributed by atoms with E-state index in [0.717, 1.165) is 39.7 Å². The molecule has 0 spiro atoms. The minimum Gasteiger partial charge on any atom is -0.424 e. The van der Waals surface area contributed by atoms with Crippen molar-refractivity contribution >= 4 is 34.6 Å². The van der Waals surface area contributed by atoms with Gasteiger partial charge in [-0.05, 0) is 45.9 Å². The molecule has 0 amide bonds. The predicted molar refractivity (Wildman–Crippen MR) is 132 cm³/mol. The Bertz CT molecular complexity index is 889. The Morgan fingerprint density at radius 3 is 1.93 bits per heavy atom. The van der Waals surface area contributed by atoms with E-state index in [2.05, 4.69) is 66.2 Å². The summed E-state index contributed by atoms with van der Waals surface area (Å²) in [5.74, 6) is 0.113. The van der Waals surface area contributed by atoms with Crippen molar-refractivity contribution in [2.75, 3.05) is 6.61 Å². The summed E-state index contributed by atoms with van der Waals surface area (Å²) in [5.41, 5.74) is 1.16. The average Bonchev–Trinajstić information content (AvgIpc) is 2.77. The molecular weight excluding hydrogens is 452 g/mol. The van der Waals surface area contributed by atoms with E-state index in [1.54, 1.807) is 0 Å². The lowest BCUT2D eigenvalue weighted by Gasteiger charge is -2.41. The Morgan fingerprint density at radius 1 is 0.867 bits per heavy atom. The van der Waals surface area contributed by atoms with Crippen molar-refractivity contribution in [3.8, 4) is 0 Å². The highest BCUT2D eigenvalue weighted by molar-refractivity contribution is 9.10. The molecule has 0 saturated heterocycles. The highest BCUT2D eigenvalue weighted by atomic mass is 79.9. The summed E-state index contributed by atoms with van der Waals surface area (Å²) < 4.78 is 1.04. The number of aliphatic hydroxyl groups excluding tert-OH is 1. The monoisotopic (exact) mass is 482 g/mol. The molecule has 2 N–H and O–H groups in total. The molecule has 3 aromatic carbocycles. The van der Waals surface area contributed by atoms with Crippen LogP contribution in [0, 0.1) is 0 Å². The quantitative estimate of drug-likeness (QED) is 0.410. The van der Waals surface area contributed by atoms with E-state index in [9.17, 15) is 9.90 Å². The van der Waals surface area contributed by atoms with Gasteiger partial charge in [0.05, 0.1) is 0 Å². The van der Waals surface area contributed by atoms with Gasteiger partial charge in [-0.3, -0.25) is 0 Å². The number of aliphatic hydroxyl groups is 1. The molecule has 0 bridgehead atoms. The lowest BCUT2D eigenvalue weighted by molar-refractivity contribution is 0.255. The van der Waals surface area contributed by atoms with Crippen molar-refractivity contribution in [2.45, 2.75) is 44.1 Å². The highest BCUT2D eigenvalue weighted by Crippen LogP contribution is 2.41. The molecule has 3 rings (SSSR count). The molecule has 2 nitrogen and oxygen atoms in total. The van der Waals surface area contributed by atoms with E-state index >= 15 is 0 Å². The molecule has 0 saturated carbocycles. The van der Waals surface area contributed by atoms with Gasteiger partial charge in [0.15, 0.2) is 0 Å². The van der Waals surface area contributed by atoms with Crippen molar-refractivity contribution in [1.29, 1.82) is 0 Å². The summed E-state index contributed by atoms with van der Waals surface area (Å²) in [7, 11) is -2.97. The standard InChI is InChI=1S/C26H31BrO2Si/c1-26(2,18-10-12-22(20-28)21-11-9-13-23(27)19-21)30(29,24-14-5-3-6-15-24)25-16-7-4-8-17-25/h3-9,11,13-17,19,22,28-29H,10,12,18,20H2,1-2H3. The molecule has 0 aliphatic carbocycles. The fourth-order valence-electron chi connectivity index (χ4n) is 4.40. The van der Waals surface area contributed by atoms with Gasteiger partial charge in [0.2, 0.25) is 0 Å². The molecule has 0 fully saturated rings. The minimum atomic E-state index is -2.97.